The third kappa shape index (κ3) is 1.16. The summed E-state index contributed by atoms with van der Waals surface area (Å²) >= 11 is 0. The number of aryl methyl sites for hydroxylation is 1. The Hall–Kier alpha value is -2.10. The highest BCUT2D eigenvalue weighted by molar-refractivity contribution is 6.02. The van der Waals surface area contributed by atoms with Gasteiger partial charge in [0, 0.05) is 11.6 Å². The SMILES string of the molecule is CCc1ccc2ncc3c(=O)o[nH]c3c2c1. The molecule has 0 amide bonds. The molecule has 1 aromatic carbocycles. The van der Waals surface area contributed by atoms with Crippen molar-refractivity contribution in [3.05, 3.63) is 40.4 Å². The van der Waals surface area contributed by atoms with Gasteiger partial charge in [-0.15, -0.1) is 0 Å². The lowest BCUT2D eigenvalue weighted by Gasteiger charge is -2.00. The monoisotopic (exact) mass is 214 g/mol. The van der Waals surface area contributed by atoms with Gasteiger partial charge < -0.3 is 4.52 Å². The first kappa shape index (κ1) is 9.15. The second kappa shape index (κ2) is 3.20. The number of rotatable bonds is 1. The van der Waals surface area contributed by atoms with Gasteiger partial charge in [-0.3, -0.25) is 4.98 Å². The van der Waals surface area contributed by atoms with Crippen molar-refractivity contribution in [2.45, 2.75) is 13.3 Å². The predicted molar refractivity (Wildman–Crippen MR) is 61.5 cm³/mol. The Labute approximate surface area is 90.9 Å². The van der Waals surface area contributed by atoms with Crippen LogP contribution in [-0.2, 0) is 6.42 Å². The van der Waals surface area contributed by atoms with Crippen LogP contribution in [0.15, 0.2) is 33.7 Å². The fourth-order valence-electron chi connectivity index (χ4n) is 1.88. The number of H-pyrrole nitrogens is 1. The number of aromatic amines is 1. The van der Waals surface area contributed by atoms with E-state index in [1.165, 1.54) is 5.56 Å². The number of pyridine rings is 1. The minimum absolute atomic E-state index is 0.369. The maximum atomic E-state index is 11.3. The van der Waals surface area contributed by atoms with E-state index in [0.717, 1.165) is 22.8 Å². The van der Waals surface area contributed by atoms with E-state index in [9.17, 15) is 4.79 Å². The minimum atomic E-state index is -0.369. The quantitative estimate of drug-likeness (QED) is 0.675. The summed E-state index contributed by atoms with van der Waals surface area (Å²) in [6.07, 6.45) is 2.50. The third-order valence-electron chi connectivity index (χ3n) is 2.81. The smallest absolute Gasteiger partial charge is 0.338 e. The molecule has 4 heteroatoms. The van der Waals surface area contributed by atoms with Gasteiger partial charge >= 0.3 is 5.63 Å². The summed E-state index contributed by atoms with van der Waals surface area (Å²) < 4.78 is 4.78. The number of nitrogens with zero attached hydrogens (tertiary/aromatic N) is 1. The molecule has 0 aliphatic heterocycles. The van der Waals surface area contributed by atoms with Crippen LogP contribution in [0, 0.1) is 0 Å². The van der Waals surface area contributed by atoms with Crippen LogP contribution in [0.2, 0.25) is 0 Å². The Morgan fingerprint density at radius 2 is 2.25 bits per heavy atom. The Bertz CT molecular complexity index is 725. The van der Waals surface area contributed by atoms with E-state index in [1.807, 2.05) is 18.2 Å². The lowest BCUT2D eigenvalue weighted by atomic mass is 10.1. The van der Waals surface area contributed by atoms with E-state index in [1.54, 1.807) is 6.20 Å². The van der Waals surface area contributed by atoms with Crippen LogP contribution in [0.1, 0.15) is 12.5 Å². The number of hydrogen-bond acceptors (Lipinski definition) is 3. The molecule has 2 aromatic heterocycles. The summed E-state index contributed by atoms with van der Waals surface area (Å²) in [5.74, 6) is 0. The summed E-state index contributed by atoms with van der Waals surface area (Å²) in [7, 11) is 0. The van der Waals surface area contributed by atoms with Crippen LogP contribution in [0.5, 0.6) is 0 Å². The van der Waals surface area contributed by atoms with E-state index in [0.29, 0.717) is 5.39 Å². The van der Waals surface area contributed by atoms with Crippen molar-refractivity contribution in [2.24, 2.45) is 0 Å². The molecular formula is C12H10N2O2. The lowest BCUT2D eigenvalue weighted by Crippen LogP contribution is -1.92. The average Bonchev–Trinajstić information content (AvgIpc) is 2.71. The van der Waals surface area contributed by atoms with E-state index in [4.69, 9.17) is 4.52 Å². The predicted octanol–water partition coefficient (Wildman–Crippen LogP) is 2.23. The minimum Gasteiger partial charge on any atom is -0.338 e. The summed E-state index contributed by atoms with van der Waals surface area (Å²) in [5.41, 5.74) is 2.43. The van der Waals surface area contributed by atoms with Crippen molar-refractivity contribution in [1.82, 2.24) is 10.1 Å². The molecule has 0 saturated carbocycles. The van der Waals surface area contributed by atoms with Gasteiger partial charge in [-0.05, 0) is 24.1 Å². The van der Waals surface area contributed by atoms with E-state index in [2.05, 4.69) is 17.1 Å². The van der Waals surface area contributed by atoms with E-state index < -0.39 is 0 Å². The standard InChI is InChI=1S/C12H10N2O2/c1-2-7-3-4-10-8(5-7)11-9(6-13-10)12(15)16-14-11/h3-6,14H,2H2,1H3. The Balaban J connectivity index is 2.52. The largest absolute Gasteiger partial charge is 0.366 e. The number of fused-ring (bicyclic) bond motifs is 3. The van der Waals surface area contributed by atoms with Crippen LogP contribution in [0.25, 0.3) is 21.8 Å². The molecule has 0 saturated heterocycles. The number of benzene rings is 1. The third-order valence-corrected chi connectivity index (χ3v) is 2.81. The zero-order valence-corrected chi connectivity index (χ0v) is 8.78. The summed E-state index contributed by atoms with van der Waals surface area (Å²) in [5, 5.41) is 4.09. The number of nitrogens with one attached hydrogen (secondary N) is 1. The van der Waals surface area contributed by atoms with Gasteiger partial charge in [0.25, 0.3) is 0 Å². The Kier molecular flexibility index (Phi) is 1.83. The first-order valence-corrected chi connectivity index (χ1v) is 5.18. The average molecular weight is 214 g/mol. The summed E-state index contributed by atoms with van der Waals surface area (Å²) in [6, 6.07) is 6.04. The van der Waals surface area contributed by atoms with Gasteiger partial charge in [-0.2, -0.15) is 0 Å². The first-order chi connectivity index (χ1) is 7.79. The molecule has 4 nitrogen and oxygen atoms in total. The maximum Gasteiger partial charge on any atom is 0.366 e. The fraction of sp³-hybridized carbons (Fsp3) is 0.167. The second-order valence-corrected chi connectivity index (χ2v) is 3.74. The zero-order chi connectivity index (χ0) is 11.1. The Morgan fingerprint density at radius 1 is 1.38 bits per heavy atom. The molecule has 16 heavy (non-hydrogen) atoms. The summed E-state index contributed by atoms with van der Waals surface area (Å²) in [4.78, 5) is 15.6. The van der Waals surface area contributed by atoms with Gasteiger partial charge in [-0.1, -0.05) is 13.0 Å². The van der Waals surface area contributed by atoms with Crippen molar-refractivity contribution in [3.8, 4) is 0 Å². The molecule has 0 aliphatic carbocycles. The van der Waals surface area contributed by atoms with Crippen molar-refractivity contribution in [1.29, 1.82) is 0 Å². The van der Waals surface area contributed by atoms with Gasteiger partial charge in [0.05, 0.1) is 11.0 Å². The highest BCUT2D eigenvalue weighted by Gasteiger charge is 2.08. The molecule has 1 N–H and O–H groups in total. The molecule has 0 spiro atoms. The van der Waals surface area contributed by atoms with Crippen molar-refractivity contribution >= 4 is 21.8 Å². The number of hydrogen-bond donors (Lipinski definition) is 1. The van der Waals surface area contributed by atoms with Gasteiger partial charge in [0.1, 0.15) is 5.39 Å². The fourth-order valence-corrected chi connectivity index (χ4v) is 1.88. The van der Waals surface area contributed by atoms with Crippen LogP contribution in [0.4, 0.5) is 0 Å². The second-order valence-electron chi connectivity index (χ2n) is 3.74. The van der Waals surface area contributed by atoms with Gasteiger partial charge in [0.2, 0.25) is 0 Å². The van der Waals surface area contributed by atoms with E-state index in [-0.39, 0.29) is 5.63 Å². The van der Waals surface area contributed by atoms with Crippen LogP contribution >= 0.6 is 0 Å². The molecule has 3 aromatic rings. The molecule has 3 rings (SSSR count). The number of aromatic nitrogens is 2. The molecule has 0 fully saturated rings. The highest BCUT2D eigenvalue weighted by Crippen LogP contribution is 2.21. The van der Waals surface area contributed by atoms with Crippen LogP contribution in [-0.4, -0.2) is 10.1 Å². The summed E-state index contributed by atoms with van der Waals surface area (Å²) in [6.45, 7) is 2.09. The highest BCUT2D eigenvalue weighted by atomic mass is 16.5. The molecule has 0 bridgehead atoms. The van der Waals surface area contributed by atoms with Gasteiger partial charge in [-0.25, -0.2) is 9.95 Å². The molecule has 0 unspecified atom stereocenters. The molecule has 0 atom stereocenters. The van der Waals surface area contributed by atoms with Crippen molar-refractivity contribution < 1.29 is 4.52 Å². The molecule has 0 aliphatic rings. The lowest BCUT2D eigenvalue weighted by molar-refractivity contribution is 0.400. The zero-order valence-electron chi connectivity index (χ0n) is 8.78. The maximum absolute atomic E-state index is 11.3. The Morgan fingerprint density at radius 3 is 3.06 bits per heavy atom. The van der Waals surface area contributed by atoms with E-state index >= 15 is 0 Å². The van der Waals surface area contributed by atoms with Crippen molar-refractivity contribution in [2.75, 3.05) is 0 Å². The van der Waals surface area contributed by atoms with Gasteiger partial charge in [0.15, 0.2) is 0 Å². The van der Waals surface area contributed by atoms with Crippen LogP contribution in [0.3, 0.4) is 0 Å². The topological polar surface area (TPSA) is 58.9 Å². The molecule has 80 valence electrons. The first-order valence-electron chi connectivity index (χ1n) is 5.18. The molecule has 2 heterocycles. The molecule has 0 radical (unpaired) electrons. The van der Waals surface area contributed by atoms with Crippen molar-refractivity contribution in [3.63, 3.8) is 0 Å². The normalized spacial score (nSPS) is 11.3. The van der Waals surface area contributed by atoms with Crippen LogP contribution < -0.4 is 5.63 Å². The molecular weight excluding hydrogens is 204 g/mol.